The molecule has 0 bridgehead atoms. The molecule has 0 aromatic carbocycles. The van der Waals surface area contributed by atoms with E-state index in [1.54, 1.807) is 22.1 Å². The fraction of sp³-hybridized carbons (Fsp3) is 0.625. The quantitative estimate of drug-likeness (QED) is 0.624. The highest BCUT2D eigenvalue weighted by atomic mass is 16.5. The Morgan fingerprint density at radius 3 is 3.00 bits per heavy atom. The van der Waals surface area contributed by atoms with Crippen LogP contribution in [-0.4, -0.2) is 62.2 Å². The molecule has 4 rings (SSSR count). The fourth-order valence-electron chi connectivity index (χ4n) is 3.86. The van der Waals surface area contributed by atoms with Crippen LogP contribution in [0.3, 0.4) is 0 Å². The molecule has 9 heteroatoms. The number of aliphatic hydroxyl groups excluding tert-OH is 1. The fourth-order valence-corrected chi connectivity index (χ4v) is 3.86. The molecular formula is C16H22N6O3. The molecule has 2 aromatic heterocycles. The highest BCUT2D eigenvalue weighted by molar-refractivity contribution is 5.71. The van der Waals surface area contributed by atoms with Crippen LogP contribution in [0, 0.1) is 11.8 Å². The first-order valence-corrected chi connectivity index (χ1v) is 8.45. The highest BCUT2D eigenvalue weighted by Crippen LogP contribution is 2.46. The lowest BCUT2D eigenvalue weighted by atomic mass is 10.0. The summed E-state index contributed by atoms with van der Waals surface area (Å²) in [5.74, 6) is 0.654. The molecule has 1 aliphatic carbocycles. The van der Waals surface area contributed by atoms with Crippen LogP contribution >= 0.6 is 0 Å². The zero-order chi connectivity index (χ0) is 17.7. The summed E-state index contributed by atoms with van der Waals surface area (Å²) in [7, 11) is 3.67. The van der Waals surface area contributed by atoms with Crippen molar-refractivity contribution in [3.05, 3.63) is 16.7 Å². The van der Waals surface area contributed by atoms with Crippen molar-refractivity contribution in [2.24, 2.45) is 16.8 Å². The maximum atomic E-state index is 12.2. The summed E-state index contributed by atoms with van der Waals surface area (Å²) >= 11 is 0. The van der Waals surface area contributed by atoms with Crippen LogP contribution in [-0.2, 0) is 4.74 Å². The number of ether oxygens (including phenoxy) is 1. The summed E-state index contributed by atoms with van der Waals surface area (Å²) in [6.45, 7) is 2.10. The van der Waals surface area contributed by atoms with Gasteiger partial charge < -0.3 is 14.7 Å². The minimum absolute atomic E-state index is 0.0330. The number of nitrogens with zero attached hydrogens (tertiary/aromatic N) is 5. The second-order valence-corrected chi connectivity index (χ2v) is 7.16. The van der Waals surface area contributed by atoms with Crippen LogP contribution < -0.4 is 5.56 Å². The number of hydrogen-bond donors (Lipinski definition) is 2. The number of hydrogen-bond acceptors (Lipinski definition) is 6. The molecule has 2 fully saturated rings. The third-order valence-corrected chi connectivity index (χ3v) is 5.02. The average molecular weight is 346 g/mol. The minimum atomic E-state index is -0.337. The van der Waals surface area contributed by atoms with E-state index in [4.69, 9.17) is 4.74 Å². The summed E-state index contributed by atoms with van der Waals surface area (Å²) < 4.78 is 7.94. The Morgan fingerprint density at radius 1 is 1.48 bits per heavy atom. The SMILES string of the molecule is C[C@@H]1C[C@@H](O)[C@@H]2C[C@H](n3cnc4c(=O)[nH]c(/N=C/N(C)C)nc43)O[C@@H]21. The van der Waals surface area contributed by atoms with Crippen molar-refractivity contribution in [1.82, 2.24) is 24.4 Å². The van der Waals surface area contributed by atoms with Gasteiger partial charge in [-0.15, -0.1) is 0 Å². The smallest absolute Gasteiger partial charge is 0.280 e. The molecule has 5 atom stereocenters. The van der Waals surface area contributed by atoms with Gasteiger partial charge in [-0.1, -0.05) is 6.92 Å². The Kier molecular flexibility index (Phi) is 3.84. The van der Waals surface area contributed by atoms with E-state index in [1.807, 2.05) is 14.1 Å². The van der Waals surface area contributed by atoms with Crippen LogP contribution in [0.2, 0.25) is 0 Å². The number of rotatable bonds is 3. The number of fused-ring (bicyclic) bond motifs is 2. The van der Waals surface area contributed by atoms with Gasteiger partial charge in [0.1, 0.15) is 6.23 Å². The van der Waals surface area contributed by atoms with E-state index in [-0.39, 0.29) is 41.4 Å². The van der Waals surface area contributed by atoms with Crippen molar-refractivity contribution < 1.29 is 9.84 Å². The predicted octanol–water partition coefficient (Wildman–Crippen LogP) is 0.645. The number of aliphatic imine (C=N–C) groups is 1. The van der Waals surface area contributed by atoms with E-state index in [2.05, 4.69) is 26.9 Å². The van der Waals surface area contributed by atoms with Crippen LogP contribution in [0.5, 0.6) is 0 Å². The maximum Gasteiger partial charge on any atom is 0.280 e. The summed E-state index contributed by atoms with van der Waals surface area (Å²) in [6, 6.07) is 0. The zero-order valence-corrected chi connectivity index (χ0v) is 14.5. The number of aliphatic hydroxyl groups is 1. The zero-order valence-electron chi connectivity index (χ0n) is 14.5. The van der Waals surface area contributed by atoms with E-state index in [9.17, 15) is 9.90 Å². The first-order chi connectivity index (χ1) is 11.9. The van der Waals surface area contributed by atoms with Crippen molar-refractivity contribution >= 4 is 23.5 Å². The topological polar surface area (TPSA) is 109 Å². The van der Waals surface area contributed by atoms with Crippen molar-refractivity contribution in [2.75, 3.05) is 14.1 Å². The monoisotopic (exact) mass is 346 g/mol. The molecule has 2 aliphatic rings. The van der Waals surface area contributed by atoms with Gasteiger partial charge in [-0.05, 0) is 12.3 Å². The average Bonchev–Trinajstić information content (AvgIpc) is 3.21. The Balaban J connectivity index is 1.70. The first kappa shape index (κ1) is 16.2. The molecule has 0 unspecified atom stereocenters. The van der Waals surface area contributed by atoms with E-state index >= 15 is 0 Å². The largest absolute Gasteiger partial charge is 0.393 e. The van der Waals surface area contributed by atoms with E-state index in [0.29, 0.717) is 18.0 Å². The number of aromatic nitrogens is 4. The molecule has 1 saturated heterocycles. The molecule has 3 heterocycles. The third-order valence-electron chi connectivity index (χ3n) is 5.02. The van der Waals surface area contributed by atoms with Crippen LogP contribution in [0.4, 0.5) is 5.95 Å². The number of nitrogens with one attached hydrogen (secondary N) is 1. The predicted molar refractivity (Wildman–Crippen MR) is 91.8 cm³/mol. The second-order valence-electron chi connectivity index (χ2n) is 7.16. The third kappa shape index (κ3) is 2.73. The Hall–Kier alpha value is -2.26. The molecule has 1 saturated carbocycles. The lowest BCUT2D eigenvalue weighted by molar-refractivity contribution is -0.0178. The summed E-state index contributed by atoms with van der Waals surface area (Å²) in [5.41, 5.74) is 0.376. The van der Waals surface area contributed by atoms with Gasteiger partial charge in [-0.2, -0.15) is 4.98 Å². The second kappa shape index (κ2) is 5.92. The summed E-state index contributed by atoms with van der Waals surface area (Å²) in [6.07, 6.45) is 4.02. The van der Waals surface area contributed by atoms with Crippen molar-refractivity contribution in [1.29, 1.82) is 0 Å². The van der Waals surface area contributed by atoms with E-state index in [1.165, 1.54) is 0 Å². The van der Waals surface area contributed by atoms with Gasteiger partial charge in [0, 0.05) is 26.4 Å². The van der Waals surface area contributed by atoms with Gasteiger partial charge >= 0.3 is 0 Å². The van der Waals surface area contributed by atoms with Gasteiger partial charge in [-0.3, -0.25) is 14.3 Å². The molecule has 9 nitrogen and oxygen atoms in total. The van der Waals surface area contributed by atoms with Gasteiger partial charge in [-0.25, -0.2) is 9.98 Å². The van der Waals surface area contributed by atoms with Crippen molar-refractivity contribution in [2.45, 2.75) is 38.2 Å². The molecule has 0 amide bonds. The van der Waals surface area contributed by atoms with Crippen LogP contribution in [0.15, 0.2) is 16.1 Å². The minimum Gasteiger partial charge on any atom is -0.393 e. The normalized spacial score (nSPS) is 31.9. The van der Waals surface area contributed by atoms with Crippen molar-refractivity contribution in [3.8, 4) is 0 Å². The molecular weight excluding hydrogens is 324 g/mol. The van der Waals surface area contributed by atoms with Gasteiger partial charge in [0.25, 0.3) is 5.56 Å². The standard InChI is InChI=1S/C16H22N6O3/c1-8-4-10(23)9-5-11(25-13(8)9)22-7-17-12-14(22)19-16(20-15(12)24)18-6-21(2)3/h6-11,13,23H,4-5H2,1-3H3,(H,19,20,24)/b18-6+/t8-,9+,10-,11-,13-/m1/s1. The number of imidazole rings is 1. The number of aromatic amines is 1. The van der Waals surface area contributed by atoms with Gasteiger partial charge in [0.2, 0.25) is 5.95 Å². The van der Waals surface area contributed by atoms with Gasteiger partial charge in [0.05, 0.1) is 24.9 Å². The Bertz CT molecular complexity index is 856. The van der Waals surface area contributed by atoms with E-state index < -0.39 is 0 Å². The molecule has 0 radical (unpaired) electrons. The summed E-state index contributed by atoms with van der Waals surface area (Å²) in [4.78, 5) is 29.4. The molecule has 25 heavy (non-hydrogen) atoms. The Morgan fingerprint density at radius 2 is 2.28 bits per heavy atom. The summed E-state index contributed by atoms with van der Waals surface area (Å²) in [5, 5.41) is 10.2. The lowest BCUT2D eigenvalue weighted by Crippen LogP contribution is -2.19. The Labute approximate surface area is 144 Å². The highest BCUT2D eigenvalue weighted by Gasteiger charge is 2.48. The van der Waals surface area contributed by atoms with E-state index in [0.717, 1.165) is 6.42 Å². The molecule has 1 aliphatic heterocycles. The number of H-pyrrole nitrogens is 1. The van der Waals surface area contributed by atoms with Gasteiger partial charge in [0.15, 0.2) is 11.2 Å². The van der Waals surface area contributed by atoms with Crippen molar-refractivity contribution in [3.63, 3.8) is 0 Å². The molecule has 2 aromatic rings. The van der Waals surface area contributed by atoms with Crippen LogP contribution in [0.25, 0.3) is 11.2 Å². The molecule has 0 spiro atoms. The lowest BCUT2D eigenvalue weighted by Gasteiger charge is -2.17. The first-order valence-electron chi connectivity index (χ1n) is 8.45. The maximum absolute atomic E-state index is 12.2. The van der Waals surface area contributed by atoms with Crippen LogP contribution in [0.1, 0.15) is 26.0 Å². The molecule has 134 valence electrons. The molecule has 2 N–H and O–H groups in total.